The number of nitrogens with one attached hydrogen (secondary N) is 1. The number of amides is 1. The Morgan fingerprint density at radius 3 is 2.50 bits per heavy atom. The summed E-state index contributed by atoms with van der Waals surface area (Å²) in [6.45, 7) is 1.36. The van der Waals surface area contributed by atoms with Gasteiger partial charge in [-0.05, 0) is 43.3 Å². The fraction of sp³-hybridized carbons (Fsp3) is 0.118. The summed E-state index contributed by atoms with van der Waals surface area (Å²) in [5.41, 5.74) is 5.74. The van der Waals surface area contributed by atoms with Crippen LogP contribution in [-0.2, 0) is 9.53 Å². The van der Waals surface area contributed by atoms with E-state index in [-0.39, 0.29) is 11.3 Å². The smallest absolute Gasteiger partial charge is 0.339 e. The molecule has 0 fully saturated rings. The average Bonchev–Trinajstić information content (AvgIpc) is 2.62. The molecule has 0 radical (unpaired) electrons. The van der Waals surface area contributed by atoms with Gasteiger partial charge in [0.2, 0.25) is 0 Å². The van der Waals surface area contributed by atoms with Gasteiger partial charge in [0.1, 0.15) is 5.69 Å². The number of hydrogen-bond acceptors (Lipinski definition) is 7. The van der Waals surface area contributed by atoms with E-state index in [1.807, 2.05) is 6.07 Å². The number of nitrogens with two attached hydrogens (primary N) is 1. The number of anilines is 2. The number of nitro benzene ring substituents is 1. The van der Waals surface area contributed by atoms with Crippen LogP contribution in [0.15, 0.2) is 42.5 Å². The van der Waals surface area contributed by atoms with Crippen LogP contribution in [0, 0.1) is 21.4 Å². The van der Waals surface area contributed by atoms with Gasteiger partial charge in [0, 0.05) is 11.8 Å². The second kappa shape index (κ2) is 7.76. The van der Waals surface area contributed by atoms with Crippen LogP contribution >= 0.6 is 0 Å². The first-order chi connectivity index (χ1) is 12.3. The maximum absolute atomic E-state index is 12.1. The van der Waals surface area contributed by atoms with Crippen molar-refractivity contribution in [2.45, 2.75) is 13.0 Å². The molecule has 0 saturated carbocycles. The summed E-state index contributed by atoms with van der Waals surface area (Å²) in [4.78, 5) is 34.3. The summed E-state index contributed by atoms with van der Waals surface area (Å²) in [5, 5.41) is 22.1. The van der Waals surface area contributed by atoms with E-state index in [1.165, 1.54) is 43.3 Å². The van der Waals surface area contributed by atoms with Crippen molar-refractivity contribution in [3.63, 3.8) is 0 Å². The van der Waals surface area contributed by atoms with Crippen molar-refractivity contribution < 1.29 is 19.2 Å². The normalized spacial score (nSPS) is 11.1. The molecule has 2 aromatic carbocycles. The lowest BCUT2D eigenvalue weighted by atomic mass is 10.2. The van der Waals surface area contributed by atoms with Gasteiger partial charge in [0.25, 0.3) is 11.6 Å². The highest BCUT2D eigenvalue weighted by atomic mass is 16.6. The molecule has 0 spiro atoms. The van der Waals surface area contributed by atoms with Gasteiger partial charge in [0.15, 0.2) is 6.10 Å². The molecule has 0 heterocycles. The topological polar surface area (TPSA) is 148 Å². The van der Waals surface area contributed by atoms with Gasteiger partial charge >= 0.3 is 5.97 Å². The molecular weight excluding hydrogens is 340 g/mol. The molecule has 0 aliphatic heterocycles. The summed E-state index contributed by atoms with van der Waals surface area (Å²) in [6.07, 6.45) is -1.14. The first kappa shape index (κ1) is 18.4. The Bertz CT molecular complexity index is 902. The number of nitrogens with zero attached hydrogens (tertiary/aromatic N) is 2. The van der Waals surface area contributed by atoms with Gasteiger partial charge in [0.05, 0.1) is 22.1 Å². The zero-order valence-electron chi connectivity index (χ0n) is 13.6. The quantitative estimate of drug-likeness (QED) is 0.362. The van der Waals surface area contributed by atoms with Gasteiger partial charge in [-0.2, -0.15) is 5.26 Å². The second-order valence-electron chi connectivity index (χ2n) is 5.26. The number of carbonyl (C=O) groups is 2. The first-order valence-electron chi connectivity index (χ1n) is 7.37. The molecule has 2 aromatic rings. The van der Waals surface area contributed by atoms with Crippen LogP contribution in [0.25, 0.3) is 0 Å². The first-order valence-corrected chi connectivity index (χ1v) is 7.37. The van der Waals surface area contributed by atoms with Gasteiger partial charge < -0.3 is 15.8 Å². The molecule has 2 rings (SSSR count). The van der Waals surface area contributed by atoms with Gasteiger partial charge in [-0.15, -0.1) is 0 Å². The van der Waals surface area contributed by atoms with E-state index in [0.717, 1.165) is 6.07 Å². The van der Waals surface area contributed by atoms with Crippen molar-refractivity contribution in [1.29, 1.82) is 5.26 Å². The van der Waals surface area contributed by atoms with Crippen LogP contribution in [0.2, 0.25) is 0 Å². The van der Waals surface area contributed by atoms with E-state index in [4.69, 9.17) is 15.7 Å². The number of nitro groups is 1. The molecule has 1 atom stereocenters. The summed E-state index contributed by atoms with van der Waals surface area (Å²) >= 11 is 0. The van der Waals surface area contributed by atoms with E-state index in [0.29, 0.717) is 11.3 Å². The molecule has 3 N–H and O–H groups in total. The number of nitriles is 1. The lowest BCUT2D eigenvalue weighted by molar-refractivity contribution is -0.383. The molecule has 9 nitrogen and oxygen atoms in total. The van der Waals surface area contributed by atoms with E-state index in [2.05, 4.69) is 5.32 Å². The van der Waals surface area contributed by atoms with Gasteiger partial charge in [-0.3, -0.25) is 14.9 Å². The zero-order chi connectivity index (χ0) is 19.3. The van der Waals surface area contributed by atoms with Crippen LogP contribution < -0.4 is 11.1 Å². The molecule has 0 bridgehead atoms. The molecule has 0 unspecified atom stereocenters. The molecule has 132 valence electrons. The predicted molar refractivity (Wildman–Crippen MR) is 92.2 cm³/mol. The van der Waals surface area contributed by atoms with Crippen molar-refractivity contribution in [3.05, 3.63) is 63.7 Å². The Morgan fingerprint density at radius 2 is 1.92 bits per heavy atom. The Hall–Kier alpha value is -3.93. The Balaban J connectivity index is 2.03. The number of esters is 1. The summed E-state index contributed by atoms with van der Waals surface area (Å²) < 4.78 is 5.02. The number of nitrogen functional groups attached to an aromatic ring is 1. The van der Waals surface area contributed by atoms with Crippen molar-refractivity contribution in [3.8, 4) is 6.07 Å². The number of hydrogen-bond donors (Lipinski definition) is 2. The van der Waals surface area contributed by atoms with Crippen LogP contribution in [-0.4, -0.2) is 22.9 Å². The zero-order valence-corrected chi connectivity index (χ0v) is 13.6. The highest BCUT2D eigenvalue weighted by molar-refractivity contribution is 5.97. The Kier molecular flexibility index (Phi) is 5.49. The molecule has 0 aliphatic carbocycles. The van der Waals surface area contributed by atoms with Crippen LogP contribution in [0.3, 0.4) is 0 Å². The second-order valence-corrected chi connectivity index (χ2v) is 5.26. The summed E-state index contributed by atoms with van der Waals surface area (Å²) in [7, 11) is 0. The standard InChI is InChI=1S/C17H14N4O5/c1-10(16(22)20-13-5-2-11(9-18)3-6-13)26-17(23)12-4-7-14(19)15(8-12)21(24)25/h2-8,10H,19H2,1H3,(H,20,22)/t10-/m1/s1. The number of rotatable bonds is 5. The number of benzene rings is 2. The fourth-order valence-electron chi connectivity index (χ4n) is 1.98. The molecule has 1 amide bonds. The monoisotopic (exact) mass is 354 g/mol. The van der Waals surface area contributed by atoms with Crippen LogP contribution in [0.1, 0.15) is 22.8 Å². The highest BCUT2D eigenvalue weighted by Crippen LogP contribution is 2.23. The SMILES string of the molecule is C[C@@H](OC(=O)c1ccc(N)c([N+](=O)[O-])c1)C(=O)Nc1ccc(C#N)cc1. The van der Waals surface area contributed by atoms with E-state index >= 15 is 0 Å². The molecule has 0 saturated heterocycles. The third kappa shape index (κ3) is 4.33. The third-order valence-electron chi connectivity index (χ3n) is 3.40. The molecule has 0 aliphatic rings. The van der Waals surface area contributed by atoms with Crippen molar-refractivity contribution >= 4 is 28.9 Å². The maximum atomic E-state index is 12.1. The van der Waals surface area contributed by atoms with Crippen molar-refractivity contribution in [2.75, 3.05) is 11.1 Å². The highest BCUT2D eigenvalue weighted by Gasteiger charge is 2.21. The minimum Gasteiger partial charge on any atom is -0.449 e. The van der Waals surface area contributed by atoms with Gasteiger partial charge in [-0.1, -0.05) is 0 Å². The fourth-order valence-corrected chi connectivity index (χ4v) is 1.98. The average molecular weight is 354 g/mol. The minimum atomic E-state index is -1.14. The van der Waals surface area contributed by atoms with Crippen LogP contribution in [0.4, 0.5) is 17.1 Å². The largest absolute Gasteiger partial charge is 0.449 e. The molecular formula is C17H14N4O5. The lowest BCUT2D eigenvalue weighted by Gasteiger charge is -2.13. The Labute approximate surface area is 148 Å². The molecule has 9 heteroatoms. The predicted octanol–water partition coefficient (Wildman–Crippen LogP) is 2.23. The van der Waals surface area contributed by atoms with Gasteiger partial charge in [-0.25, -0.2) is 4.79 Å². The lowest BCUT2D eigenvalue weighted by Crippen LogP contribution is -2.30. The molecule has 26 heavy (non-hydrogen) atoms. The number of ether oxygens (including phenoxy) is 1. The Morgan fingerprint density at radius 1 is 1.27 bits per heavy atom. The summed E-state index contributed by atoms with van der Waals surface area (Å²) in [5.74, 6) is -1.48. The third-order valence-corrected chi connectivity index (χ3v) is 3.40. The number of carbonyl (C=O) groups excluding carboxylic acids is 2. The van der Waals surface area contributed by atoms with E-state index in [1.54, 1.807) is 0 Å². The summed E-state index contributed by atoms with van der Waals surface area (Å²) in [6, 6.07) is 11.6. The van der Waals surface area contributed by atoms with E-state index in [9.17, 15) is 19.7 Å². The van der Waals surface area contributed by atoms with E-state index < -0.39 is 28.6 Å². The van der Waals surface area contributed by atoms with Crippen molar-refractivity contribution in [1.82, 2.24) is 0 Å². The minimum absolute atomic E-state index is 0.0850. The van der Waals surface area contributed by atoms with Crippen LogP contribution in [0.5, 0.6) is 0 Å². The van der Waals surface area contributed by atoms with Crippen molar-refractivity contribution in [2.24, 2.45) is 0 Å². The molecule has 0 aromatic heterocycles. The maximum Gasteiger partial charge on any atom is 0.339 e.